The van der Waals surface area contributed by atoms with Crippen LogP contribution < -0.4 is 0 Å². The first kappa shape index (κ1) is 27.9. The van der Waals surface area contributed by atoms with Gasteiger partial charge in [0.05, 0.1) is 6.67 Å². The van der Waals surface area contributed by atoms with Gasteiger partial charge in [-0.25, -0.2) is 0 Å². The van der Waals surface area contributed by atoms with Gasteiger partial charge < -0.3 is 4.74 Å². The number of carbonyl (C=O) groups excluding carboxylic acids is 1. The number of carbonyl (C=O) groups is 1. The molecule has 0 aliphatic heterocycles. The molecule has 0 N–H and O–H groups in total. The van der Waals surface area contributed by atoms with Crippen molar-refractivity contribution in [1.82, 2.24) is 0 Å². The fourth-order valence-electron chi connectivity index (χ4n) is 3.55. The first-order valence-electron chi connectivity index (χ1n) is 12.1. The largest absolute Gasteiger partial charge is 0.462 e. The second kappa shape index (κ2) is 23.2. The highest BCUT2D eigenvalue weighted by Gasteiger charge is 2.14. The molecule has 0 spiro atoms. The molecule has 0 saturated heterocycles. The van der Waals surface area contributed by atoms with E-state index >= 15 is 0 Å². The van der Waals surface area contributed by atoms with Gasteiger partial charge in [0, 0.05) is 11.8 Å². The van der Waals surface area contributed by atoms with Crippen LogP contribution in [0.25, 0.3) is 0 Å². The summed E-state index contributed by atoms with van der Waals surface area (Å²) in [5, 5.41) is 1.07. The van der Waals surface area contributed by atoms with Crippen LogP contribution in [-0.4, -0.2) is 24.1 Å². The fourth-order valence-corrected chi connectivity index (χ4v) is 3.95. The molecule has 0 radical (unpaired) electrons. The summed E-state index contributed by atoms with van der Waals surface area (Å²) in [6, 6.07) is 0. The van der Waals surface area contributed by atoms with Crippen LogP contribution in [0.4, 0.5) is 4.39 Å². The predicted octanol–water partition coefficient (Wildman–Crippen LogP) is 8.69. The van der Waals surface area contributed by atoms with Crippen molar-refractivity contribution in [2.75, 3.05) is 12.0 Å². The van der Waals surface area contributed by atoms with Crippen LogP contribution >= 0.6 is 15.9 Å². The van der Waals surface area contributed by atoms with Crippen LogP contribution in [0.2, 0.25) is 0 Å². The molecule has 0 aromatic carbocycles. The maximum absolute atomic E-state index is 12.2. The number of alkyl halides is 2. The van der Waals surface area contributed by atoms with Crippen LogP contribution in [-0.2, 0) is 9.53 Å². The highest BCUT2D eigenvalue weighted by Crippen LogP contribution is 2.18. The van der Waals surface area contributed by atoms with E-state index in [9.17, 15) is 9.18 Å². The standard InChI is InChI=1S/C24H46BrFO2/c1-2-3-4-5-8-13-18-23(19-14-9-7-12-17-22-26)28-24(27)20-15-10-6-11-16-21-25/h23H,2-22H2,1H3. The Morgan fingerprint density at radius 2 is 1.25 bits per heavy atom. The van der Waals surface area contributed by atoms with Crippen LogP contribution in [0, 0.1) is 0 Å². The molecular formula is C24H46BrFO2. The Morgan fingerprint density at radius 3 is 1.82 bits per heavy atom. The molecule has 28 heavy (non-hydrogen) atoms. The number of esters is 1. The van der Waals surface area contributed by atoms with Gasteiger partial charge in [-0.3, -0.25) is 9.18 Å². The lowest BCUT2D eigenvalue weighted by atomic mass is 10.0. The Kier molecular flexibility index (Phi) is 23.1. The molecule has 1 unspecified atom stereocenters. The molecule has 0 saturated carbocycles. The molecule has 0 fully saturated rings. The van der Waals surface area contributed by atoms with Crippen molar-refractivity contribution in [3.8, 4) is 0 Å². The van der Waals surface area contributed by atoms with Gasteiger partial charge in [-0.15, -0.1) is 0 Å². The molecule has 168 valence electrons. The summed E-state index contributed by atoms with van der Waals surface area (Å²) >= 11 is 3.45. The second-order valence-corrected chi connectivity index (χ2v) is 8.91. The Bertz CT molecular complexity index is 310. The maximum Gasteiger partial charge on any atom is 0.306 e. The first-order chi connectivity index (χ1) is 13.7. The van der Waals surface area contributed by atoms with E-state index in [1.807, 2.05) is 0 Å². The minimum Gasteiger partial charge on any atom is -0.462 e. The Hall–Kier alpha value is -0.120. The number of ether oxygens (including phenoxy) is 1. The lowest BCUT2D eigenvalue weighted by Crippen LogP contribution is -2.18. The summed E-state index contributed by atoms with van der Waals surface area (Å²) in [6.07, 6.45) is 21.0. The Balaban J connectivity index is 3.99. The van der Waals surface area contributed by atoms with Gasteiger partial charge >= 0.3 is 5.97 Å². The lowest BCUT2D eigenvalue weighted by molar-refractivity contribution is -0.150. The van der Waals surface area contributed by atoms with Crippen molar-refractivity contribution in [2.24, 2.45) is 0 Å². The summed E-state index contributed by atoms with van der Waals surface area (Å²) in [4.78, 5) is 12.2. The van der Waals surface area contributed by atoms with E-state index in [0.29, 0.717) is 12.8 Å². The average molecular weight is 466 g/mol. The Morgan fingerprint density at radius 1 is 0.750 bits per heavy atom. The molecule has 1 atom stereocenters. The number of hydrogen-bond donors (Lipinski definition) is 0. The fraction of sp³-hybridized carbons (Fsp3) is 0.958. The molecule has 2 nitrogen and oxygen atoms in total. The third kappa shape index (κ3) is 20.6. The van der Waals surface area contributed by atoms with E-state index < -0.39 is 0 Å². The molecule has 0 aliphatic rings. The van der Waals surface area contributed by atoms with Gasteiger partial charge in [-0.05, 0) is 44.9 Å². The van der Waals surface area contributed by atoms with Gasteiger partial charge in [-0.1, -0.05) is 93.5 Å². The summed E-state index contributed by atoms with van der Waals surface area (Å²) in [6.45, 7) is 2.04. The highest BCUT2D eigenvalue weighted by molar-refractivity contribution is 9.09. The van der Waals surface area contributed by atoms with E-state index in [-0.39, 0.29) is 18.7 Å². The van der Waals surface area contributed by atoms with Gasteiger partial charge in [0.2, 0.25) is 0 Å². The van der Waals surface area contributed by atoms with Gasteiger partial charge in [-0.2, -0.15) is 0 Å². The number of hydrogen-bond acceptors (Lipinski definition) is 2. The zero-order chi connectivity index (χ0) is 20.7. The maximum atomic E-state index is 12.2. The molecule has 0 heterocycles. The van der Waals surface area contributed by atoms with Crippen LogP contribution in [0.15, 0.2) is 0 Å². The van der Waals surface area contributed by atoms with Crippen LogP contribution in [0.5, 0.6) is 0 Å². The van der Waals surface area contributed by atoms with Gasteiger partial charge in [0.1, 0.15) is 6.10 Å². The molecule has 0 rings (SSSR count). The molecule has 0 aromatic rings. The minimum absolute atomic E-state index is 0.00564. The zero-order valence-electron chi connectivity index (χ0n) is 18.5. The average Bonchev–Trinajstić information content (AvgIpc) is 2.69. The van der Waals surface area contributed by atoms with E-state index in [1.54, 1.807) is 0 Å². The lowest BCUT2D eigenvalue weighted by Gasteiger charge is -2.18. The van der Waals surface area contributed by atoms with Crippen molar-refractivity contribution in [3.05, 3.63) is 0 Å². The van der Waals surface area contributed by atoms with E-state index in [2.05, 4.69) is 22.9 Å². The topological polar surface area (TPSA) is 26.3 Å². The molecule has 0 bridgehead atoms. The molecule has 0 aliphatic carbocycles. The molecular weight excluding hydrogens is 419 g/mol. The van der Waals surface area contributed by atoms with E-state index in [1.165, 1.54) is 51.4 Å². The van der Waals surface area contributed by atoms with Crippen LogP contribution in [0.1, 0.15) is 129 Å². The minimum atomic E-state index is -0.200. The van der Waals surface area contributed by atoms with Crippen molar-refractivity contribution >= 4 is 21.9 Å². The summed E-state index contributed by atoms with van der Waals surface area (Å²) in [5.74, 6) is -0.00564. The smallest absolute Gasteiger partial charge is 0.306 e. The molecule has 0 amide bonds. The number of halogens is 2. The van der Waals surface area contributed by atoms with Crippen molar-refractivity contribution < 1.29 is 13.9 Å². The van der Waals surface area contributed by atoms with Crippen LogP contribution in [0.3, 0.4) is 0 Å². The molecule has 0 aromatic heterocycles. The second-order valence-electron chi connectivity index (χ2n) is 8.12. The Labute approximate surface area is 182 Å². The summed E-state index contributed by atoms with van der Waals surface area (Å²) in [7, 11) is 0. The summed E-state index contributed by atoms with van der Waals surface area (Å²) < 4.78 is 18.0. The zero-order valence-corrected chi connectivity index (χ0v) is 20.1. The van der Waals surface area contributed by atoms with Crippen molar-refractivity contribution in [1.29, 1.82) is 0 Å². The normalized spacial score (nSPS) is 12.2. The highest BCUT2D eigenvalue weighted by atomic mass is 79.9. The van der Waals surface area contributed by atoms with E-state index in [4.69, 9.17) is 4.74 Å². The quantitative estimate of drug-likeness (QED) is 0.0908. The van der Waals surface area contributed by atoms with Gasteiger partial charge in [0.25, 0.3) is 0 Å². The third-order valence-electron chi connectivity index (χ3n) is 5.35. The predicted molar refractivity (Wildman–Crippen MR) is 123 cm³/mol. The van der Waals surface area contributed by atoms with Crippen molar-refractivity contribution in [2.45, 2.75) is 135 Å². The van der Waals surface area contributed by atoms with Gasteiger partial charge in [0.15, 0.2) is 0 Å². The third-order valence-corrected chi connectivity index (χ3v) is 5.91. The van der Waals surface area contributed by atoms with E-state index in [0.717, 1.165) is 63.1 Å². The first-order valence-corrected chi connectivity index (χ1v) is 13.2. The summed E-state index contributed by atoms with van der Waals surface area (Å²) in [5.41, 5.74) is 0. The molecule has 4 heteroatoms. The monoisotopic (exact) mass is 464 g/mol. The van der Waals surface area contributed by atoms with Crippen molar-refractivity contribution in [3.63, 3.8) is 0 Å². The SMILES string of the molecule is CCCCCCCCC(CCCCCCCF)OC(=O)CCCCCCCBr. The number of rotatable bonds is 22. The number of unbranched alkanes of at least 4 members (excludes halogenated alkanes) is 13.